The Balaban J connectivity index is 0.00000235. The van der Waals surface area contributed by atoms with Crippen LogP contribution in [0.3, 0.4) is 0 Å². The minimum atomic E-state index is -1.11. The number of likely N-dealkylation sites (N-methyl/N-ethyl adjacent to an activating group) is 1. The number of benzene rings is 1. The highest BCUT2D eigenvalue weighted by Crippen LogP contribution is 2.03. The minimum absolute atomic E-state index is 0.0541. The summed E-state index contributed by atoms with van der Waals surface area (Å²) in [5.74, 6) is -2.51. The molecule has 0 radical (unpaired) electrons. The number of aliphatic carboxylic acids is 1. The van der Waals surface area contributed by atoms with Gasteiger partial charge in [-0.3, -0.25) is 14.4 Å². The Hall–Kier alpha value is -3.35. The van der Waals surface area contributed by atoms with Gasteiger partial charge in [-0.1, -0.05) is 37.3 Å². The molecule has 0 bridgehead atoms. The van der Waals surface area contributed by atoms with Crippen molar-refractivity contribution >= 4 is 30.0 Å². The van der Waals surface area contributed by atoms with Crippen LogP contribution in [0.4, 0.5) is 0 Å². The smallest absolute Gasteiger partial charge is 0.332 e. The number of carbonyl (C=O) groups excluding carboxylic acids is 4. The summed E-state index contributed by atoms with van der Waals surface area (Å²) in [5.41, 5.74) is 5.52. The number of carboxylic acid groups (broad SMARTS) is 1. The van der Waals surface area contributed by atoms with E-state index >= 15 is 0 Å². The van der Waals surface area contributed by atoms with Gasteiger partial charge in [0.25, 0.3) is 0 Å². The maximum atomic E-state index is 12.5. The number of nitrogens with two attached hydrogens (primary N) is 1. The zero-order valence-electron chi connectivity index (χ0n) is 18.8. The number of ether oxygens (including phenoxy) is 1. The van der Waals surface area contributed by atoms with E-state index in [9.17, 15) is 19.2 Å². The number of carboxylic acids is 1. The molecule has 0 saturated carbocycles. The standard InChI is InChI=1S/C19H28N4O6.C2H5NO/c1-3-15(19(27)28)29-12-22-16(24)11-21-18(26)14(23-17(25)10-20-2)9-13-7-5-4-6-8-13;3-1-2-4/h4-8,14-15,20H,3,9-12H2,1-2H3,(H,21,26)(H,22,24)(H,23,25)(H,27,28);2H,1,3H2. The quantitative estimate of drug-likeness (QED) is 0.135. The second-order valence-corrected chi connectivity index (χ2v) is 6.61. The lowest BCUT2D eigenvalue weighted by atomic mass is 10.1. The maximum Gasteiger partial charge on any atom is 0.332 e. The first-order chi connectivity index (χ1) is 15.8. The van der Waals surface area contributed by atoms with Gasteiger partial charge in [0.2, 0.25) is 17.7 Å². The van der Waals surface area contributed by atoms with Crippen molar-refractivity contribution in [3.63, 3.8) is 0 Å². The number of amides is 3. The summed E-state index contributed by atoms with van der Waals surface area (Å²) < 4.78 is 5.03. The minimum Gasteiger partial charge on any atom is -0.479 e. The normalized spacial score (nSPS) is 11.7. The summed E-state index contributed by atoms with van der Waals surface area (Å²) in [5, 5.41) is 19.1. The predicted octanol–water partition coefficient (Wildman–Crippen LogP) is -1.85. The van der Waals surface area contributed by atoms with Crippen molar-refractivity contribution in [1.82, 2.24) is 21.3 Å². The molecule has 0 fully saturated rings. The van der Waals surface area contributed by atoms with Crippen molar-refractivity contribution in [2.45, 2.75) is 31.9 Å². The zero-order chi connectivity index (χ0) is 25.1. The molecule has 33 heavy (non-hydrogen) atoms. The predicted molar refractivity (Wildman–Crippen MR) is 120 cm³/mol. The molecule has 0 heterocycles. The Morgan fingerprint density at radius 2 is 1.73 bits per heavy atom. The molecule has 1 rings (SSSR count). The average Bonchev–Trinajstić information content (AvgIpc) is 2.80. The first-order valence-corrected chi connectivity index (χ1v) is 10.3. The number of aldehydes is 1. The highest BCUT2D eigenvalue weighted by atomic mass is 16.5. The average molecular weight is 468 g/mol. The highest BCUT2D eigenvalue weighted by Gasteiger charge is 2.21. The van der Waals surface area contributed by atoms with Crippen molar-refractivity contribution in [2.75, 3.05) is 33.4 Å². The van der Waals surface area contributed by atoms with E-state index in [1.807, 2.05) is 30.3 Å². The molecule has 0 aliphatic rings. The van der Waals surface area contributed by atoms with Crippen LogP contribution in [0.1, 0.15) is 18.9 Å². The molecule has 1 aromatic carbocycles. The molecule has 0 aliphatic heterocycles. The highest BCUT2D eigenvalue weighted by molar-refractivity contribution is 5.91. The summed E-state index contributed by atoms with van der Waals surface area (Å²) in [6.07, 6.45) is 0.168. The van der Waals surface area contributed by atoms with Gasteiger partial charge in [0.05, 0.1) is 13.1 Å². The van der Waals surface area contributed by atoms with E-state index in [-0.39, 0.29) is 45.1 Å². The number of nitrogens with one attached hydrogen (secondary N) is 4. The molecule has 2 unspecified atom stereocenters. The number of rotatable bonds is 14. The topological polar surface area (TPSA) is 189 Å². The van der Waals surface area contributed by atoms with Gasteiger partial charge in [-0.25, -0.2) is 4.79 Å². The van der Waals surface area contributed by atoms with Gasteiger partial charge in [-0.2, -0.15) is 0 Å². The zero-order valence-corrected chi connectivity index (χ0v) is 18.8. The van der Waals surface area contributed by atoms with Gasteiger partial charge < -0.3 is 41.6 Å². The lowest BCUT2D eigenvalue weighted by Crippen LogP contribution is -2.51. The van der Waals surface area contributed by atoms with E-state index < -0.39 is 29.9 Å². The van der Waals surface area contributed by atoms with E-state index in [4.69, 9.17) is 14.6 Å². The summed E-state index contributed by atoms with van der Waals surface area (Å²) in [7, 11) is 1.62. The third kappa shape index (κ3) is 14.4. The van der Waals surface area contributed by atoms with E-state index in [0.717, 1.165) is 5.56 Å². The monoisotopic (exact) mass is 467 g/mol. The molecule has 184 valence electrons. The molecule has 0 spiro atoms. The first kappa shape index (κ1) is 29.7. The molecule has 1 aromatic rings. The van der Waals surface area contributed by atoms with Crippen LogP contribution in [0.15, 0.2) is 30.3 Å². The second kappa shape index (κ2) is 18.2. The molecule has 12 heteroatoms. The summed E-state index contributed by atoms with van der Waals surface area (Å²) >= 11 is 0. The van der Waals surface area contributed by atoms with Crippen LogP contribution in [0.2, 0.25) is 0 Å². The summed E-state index contributed by atoms with van der Waals surface area (Å²) in [4.78, 5) is 56.1. The molecule has 2 atom stereocenters. The molecular formula is C21H33N5O7. The summed E-state index contributed by atoms with van der Waals surface area (Å²) in [6.45, 7) is 1.22. The van der Waals surface area contributed by atoms with Crippen molar-refractivity contribution in [1.29, 1.82) is 0 Å². The van der Waals surface area contributed by atoms with Crippen molar-refractivity contribution < 1.29 is 33.8 Å². The molecule has 0 saturated heterocycles. The van der Waals surface area contributed by atoms with Crippen LogP contribution >= 0.6 is 0 Å². The third-order valence-corrected chi connectivity index (χ3v) is 3.99. The van der Waals surface area contributed by atoms with Gasteiger partial charge in [0, 0.05) is 13.0 Å². The van der Waals surface area contributed by atoms with Gasteiger partial charge in [0.15, 0.2) is 6.10 Å². The van der Waals surface area contributed by atoms with E-state index in [1.54, 1.807) is 14.0 Å². The van der Waals surface area contributed by atoms with Gasteiger partial charge >= 0.3 is 5.97 Å². The fourth-order valence-corrected chi connectivity index (χ4v) is 2.40. The third-order valence-electron chi connectivity index (χ3n) is 3.99. The molecule has 3 amide bonds. The number of carbonyl (C=O) groups is 5. The molecule has 12 nitrogen and oxygen atoms in total. The lowest BCUT2D eigenvalue weighted by Gasteiger charge is -2.19. The van der Waals surface area contributed by atoms with E-state index in [2.05, 4.69) is 27.0 Å². The SMILES string of the molecule is CCC(OCNC(=O)CNC(=O)C(Cc1ccccc1)NC(=O)CNC)C(=O)O.NCC=O. The molecule has 0 aromatic heterocycles. The Morgan fingerprint density at radius 1 is 1.09 bits per heavy atom. The van der Waals surface area contributed by atoms with Crippen LogP contribution in [-0.2, 0) is 35.1 Å². The Labute approximate surface area is 192 Å². The van der Waals surface area contributed by atoms with Crippen molar-refractivity contribution in [3.8, 4) is 0 Å². The van der Waals surface area contributed by atoms with Gasteiger partial charge in [0.1, 0.15) is 19.1 Å². The largest absolute Gasteiger partial charge is 0.479 e. The number of hydrogen-bond donors (Lipinski definition) is 6. The van der Waals surface area contributed by atoms with E-state index in [0.29, 0.717) is 6.29 Å². The maximum absolute atomic E-state index is 12.5. The Morgan fingerprint density at radius 3 is 2.24 bits per heavy atom. The van der Waals surface area contributed by atoms with Crippen LogP contribution in [-0.4, -0.2) is 80.6 Å². The summed E-state index contributed by atoms with van der Waals surface area (Å²) in [6, 6.07) is 8.32. The van der Waals surface area contributed by atoms with Crippen molar-refractivity contribution in [2.24, 2.45) is 5.73 Å². The fourth-order valence-electron chi connectivity index (χ4n) is 2.40. The Kier molecular flexibility index (Phi) is 16.4. The van der Waals surface area contributed by atoms with Crippen molar-refractivity contribution in [3.05, 3.63) is 35.9 Å². The fraction of sp³-hybridized carbons (Fsp3) is 0.476. The molecule has 0 aliphatic carbocycles. The van der Waals surface area contributed by atoms with Crippen LogP contribution in [0.25, 0.3) is 0 Å². The van der Waals surface area contributed by atoms with Crippen LogP contribution in [0, 0.1) is 0 Å². The molecule has 7 N–H and O–H groups in total. The van der Waals surface area contributed by atoms with Crippen LogP contribution in [0.5, 0.6) is 0 Å². The van der Waals surface area contributed by atoms with Crippen LogP contribution < -0.4 is 27.0 Å². The number of hydrogen-bond acceptors (Lipinski definition) is 8. The first-order valence-electron chi connectivity index (χ1n) is 10.3. The van der Waals surface area contributed by atoms with Gasteiger partial charge in [-0.15, -0.1) is 0 Å². The van der Waals surface area contributed by atoms with E-state index in [1.165, 1.54) is 0 Å². The lowest BCUT2D eigenvalue weighted by molar-refractivity contribution is -0.152. The molecular weight excluding hydrogens is 434 g/mol. The van der Waals surface area contributed by atoms with Gasteiger partial charge in [-0.05, 0) is 19.0 Å². The second-order valence-electron chi connectivity index (χ2n) is 6.61. The Bertz CT molecular complexity index is 746.